The van der Waals surface area contributed by atoms with Crippen LogP contribution in [0, 0.1) is 19.7 Å². The highest BCUT2D eigenvalue weighted by Crippen LogP contribution is 2.29. The van der Waals surface area contributed by atoms with Gasteiger partial charge in [-0.05, 0) is 38.1 Å². The van der Waals surface area contributed by atoms with Crippen molar-refractivity contribution >= 4 is 5.91 Å². The Morgan fingerprint density at radius 2 is 2.09 bits per heavy atom. The maximum absolute atomic E-state index is 13.0. The average Bonchev–Trinajstić information content (AvgIpc) is 2.86. The highest BCUT2D eigenvalue weighted by atomic mass is 19.1. The average molecular weight is 303 g/mol. The SMILES string of the molecule is Cc1n[nH]c(C)c1[C@H]1COCCN1C(=O)c1ccc(F)cc1. The van der Waals surface area contributed by atoms with Crippen LogP contribution in [0.5, 0.6) is 0 Å². The molecule has 1 aromatic heterocycles. The van der Waals surface area contributed by atoms with Crippen molar-refractivity contribution in [2.45, 2.75) is 19.9 Å². The lowest BCUT2D eigenvalue weighted by atomic mass is 10.0. The molecule has 6 heteroatoms. The molecule has 0 unspecified atom stereocenters. The van der Waals surface area contributed by atoms with Crippen molar-refractivity contribution < 1.29 is 13.9 Å². The molecule has 2 heterocycles. The molecule has 1 atom stereocenters. The first-order valence-electron chi connectivity index (χ1n) is 7.23. The van der Waals surface area contributed by atoms with Crippen molar-refractivity contribution in [3.8, 4) is 0 Å². The van der Waals surface area contributed by atoms with Gasteiger partial charge in [0.1, 0.15) is 5.82 Å². The third kappa shape index (κ3) is 2.62. The second kappa shape index (κ2) is 5.88. The van der Waals surface area contributed by atoms with Gasteiger partial charge >= 0.3 is 0 Å². The van der Waals surface area contributed by atoms with E-state index in [2.05, 4.69) is 10.2 Å². The van der Waals surface area contributed by atoms with Crippen LogP contribution in [0.15, 0.2) is 24.3 Å². The highest BCUT2D eigenvalue weighted by Gasteiger charge is 2.32. The number of amides is 1. The fraction of sp³-hybridized carbons (Fsp3) is 0.375. The number of hydrogen-bond donors (Lipinski definition) is 1. The lowest BCUT2D eigenvalue weighted by Gasteiger charge is -2.36. The van der Waals surface area contributed by atoms with Gasteiger partial charge in [0.25, 0.3) is 5.91 Å². The Balaban J connectivity index is 1.93. The van der Waals surface area contributed by atoms with Gasteiger partial charge in [-0.1, -0.05) is 0 Å². The van der Waals surface area contributed by atoms with Crippen LogP contribution in [0.1, 0.15) is 33.4 Å². The number of aromatic amines is 1. The molecule has 1 amide bonds. The van der Waals surface area contributed by atoms with Crippen molar-refractivity contribution in [1.82, 2.24) is 15.1 Å². The number of carbonyl (C=O) groups excluding carboxylic acids is 1. The van der Waals surface area contributed by atoms with Crippen molar-refractivity contribution in [1.29, 1.82) is 0 Å². The van der Waals surface area contributed by atoms with E-state index in [1.54, 1.807) is 4.90 Å². The second-order valence-corrected chi connectivity index (χ2v) is 5.44. The zero-order valence-electron chi connectivity index (χ0n) is 12.6. The Morgan fingerprint density at radius 3 is 2.73 bits per heavy atom. The van der Waals surface area contributed by atoms with E-state index in [4.69, 9.17) is 4.74 Å². The van der Waals surface area contributed by atoms with Crippen LogP contribution in [0.4, 0.5) is 4.39 Å². The number of H-pyrrole nitrogens is 1. The normalized spacial score (nSPS) is 18.5. The van der Waals surface area contributed by atoms with Crippen LogP contribution in [0.3, 0.4) is 0 Å². The quantitative estimate of drug-likeness (QED) is 0.926. The molecule has 0 bridgehead atoms. The lowest BCUT2D eigenvalue weighted by Crippen LogP contribution is -2.43. The minimum Gasteiger partial charge on any atom is -0.377 e. The summed E-state index contributed by atoms with van der Waals surface area (Å²) in [6, 6.07) is 5.46. The summed E-state index contributed by atoms with van der Waals surface area (Å²) in [6.07, 6.45) is 0. The van der Waals surface area contributed by atoms with Gasteiger partial charge in [0.15, 0.2) is 0 Å². The number of benzene rings is 1. The second-order valence-electron chi connectivity index (χ2n) is 5.44. The highest BCUT2D eigenvalue weighted by molar-refractivity contribution is 5.94. The first kappa shape index (κ1) is 14.7. The summed E-state index contributed by atoms with van der Waals surface area (Å²) in [5.41, 5.74) is 3.28. The van der Waals surface area contributed by atoms with Crippen molar-refractivity contribution in [3.63, 3.8) is 0 Å². The maximum atomic E-state index is 13.0. The van der Waals surface area contributed by atoms with Crippen molar-refractivity contribution in [2.75, 3.05) is 19.8 Å². The van der Waals surface area contributed by atoms with Gasteiger partial charge in [-0.15, -0.1) is 0 Å². The van der Waals surface area contributed by atoms with Crippen LogP contribution >= 0.6 is 0 Å². The maximum Gasteiger partial charge on any atom is 0.254 e. The Kier molecular flexibility index (Phi) is 3.94. The van der Waals surface area contributed by atoms with E-state index < -0.39 is 0 Å². The van der Waals surface area contributed by atoms with E-state index in [9.17, 15) is 9.18 Å². The number of rotatable bonds is 2. The molecule has 22 heavy (non-hydrogen) atoms. The largest absolute Gasteiger partial charge is 0.377 e. The molecular formula is C16H18FN3O2. The number of halogens is 1. The molecule has 3 rings (SSSR count). The Bertz CT molecular complexity index is 662. The standard InChI is InChI=1S/C16H18FN3O2/c1-10-15(11(2)19-18-10)14-9-22-8-7-20(14)16(21)12-3-5-13(17)6-4-12/h3-6,14H,7-9H2,1-2H3,(H,18,19)/t14-/m1/s1. The number of hydrogen-bond acceptors (Lipinski definition) is 3. The molecule has 0 spiro atoms. The monoisotopic (exact) mass is 303 g/mol. The van der Waals surface area contributed by atoms with Crippen LogP contribution in [-0.4, -0.2) is 40.8 Å². The van der Waals surface area contributed by atoms with E-state index in [-0.39, 0.29) is 17.8 Å². The van der Waals surface area contributed by atoms with Gasteiger partial charge < -0.3 is 9.64 Å². The van der Waals surface area contributed by atoms with Crippen LogP contribution in [0.2, 0.25) is 0 Å². The number of aryl methyl sites for hydroxylation is 2. The fourth-order valence-corrected chi connectivity index (χ4v) is 2.89. The van der Waals surface area contributed by atoms with Gasteiger partial charge in [-0.3, -0.25) is 9.89 Å². The number of carbonyl (C=O) groups is 1. The Morgan fingerprint density at radius 1 is 1.36 bits per heavy atom. The number of nitrogens with one attached hydrogen (secondary N) is 1. The predicted octanol–water partition coefficient (Wildman–Crippen LogP) is 2.38. The molecule has 116 valence electrons. The fourth-order valence-electron chi connectivity index (χ4n) is 2.89. The molecule has 1 saturated heterocycles. The van der Waals surface area contributed by atoms with Crippen molar-refractivity contribution in [3.05, 3.63) is 52.6 Å². The summed E-state index contributed by atoms with van der Waals surface area (Å²) < 4.78 is 18.6. The molecule has 0 saturated carbocycles. The zero-order valence-corrected chi connectivity index (χ0v) is 12.6. The van der Waals surface area contributed by atoms with E-state index in [0.29, 0.717) is 25.3 Å². The smallest absolute Gasteiger partial charge is 0.254 e. The molecule has 0 radical (unpaired) electrons. The van der Waals surface area contributed by atoms with E-state index in [1.807, 2.05) is 13.8 Å². The first-order chi connectivity index (χ1) is 10.6. The molecule has 5 nitrogen and oxygen atoms in total. The Labute approximate surface area is 128 Å². The third-order valence-electron chi connectivity index (χ3n) is 4.00. The molecule has 1 aliphatic heterocycles. The van der Waals surface area contributed by atoms with Gasteiger partial charge in [0.05, 0.1) is 24.9 Å². The lowest BCUT2D eigenvalue weighted by molar-refractivity contribution is -0.00301. The molecule has 1 aromatic carbocycles. The molecule has 2 aromatic rings. The Hall–Kier alpha value is -2.21. The van der Waals surface area contributed by atoms with Gasteiger partial charge in [0, 0.05) is 23.4 Å². The van der Waals surface area contributed by atoms with Gasteiger partial charge in [0.2, 0.25) is 0 Å². The van der Waals surface area contributed by atoms with Crippen LogP contribution in [-0.2, 0) is 4.74 Å². The third-order valence-corrected chi connectivity index (χ3v) is 4.00. The minimum absolute atomic E-state index is 0.117. The first-order valence-corrected chi connectivity index (χ1v) is 7.23. The van der Waals surface area contributed by atoms with Crippen LogP contribution < -0.4 is 0 Å². The summed E-state index contributed by atoms with van der Waals surface area (Å²) in [4.78, 5) is 14.5. The van der Waals surface area contributed by atoms with Gasteiger partial charge in [-0.2, -0.15) is 5.10 Å². The molecular weight excluding hydrogens is 285 g/mol. The molecule has 1 N–H and O–H groups in total. The van der Waals surface area contributed by atoms with Crippen LogP contribution in [0.25, 0.3) is 0 Å². The van der Waals surface area contributed by atoms with Gasteiger partial charge in [-0.25, -0.2) is 4.39 Å². The van der Waals surface area contributed by atoms with E-state index >= 15 is 0 Å². The summed E-state index contributed by atoms with van der Waals surface area (Å²) >= 11 is 0. The van der Waals surface area contributed by atoms with Crippen molar-refractivity contribution in [2.24, 2.45) is 0 Å². The molecule has 1 aliphatic rings. The summed E-state index contributed by atoms with van der Waals surface area (Å²) in [5, 5.41) is 7.15. The van der Waals surface area contributed by atoms with E-state index in [1.165, 1.54) is 24.3 Å². The van der Waals surface area contributed by atoms with E-state index in [0.717, 1.165) is 17.0 Å². The number of aromatic nitrogens is 2. The number of nitrogens with zero attached hydrogens (tertiary/aromatic N) is 2. The predicted molar refractivity (Wildman–Crippen MR) is 79.1 cm³/mol. The number of morpholine rings is 1. The molecule has 1 fully saturated rings. The topological polar surface area (TPSA) is 58.2 Å². The number of ether oxygens (including phenoxy) is 1. The summed E-state index contributed by atoms with van der Waals surface area (Å²) in [5.74, 6) is -0.468. The minimum atomic E-state index is -0.350. The zero-order chi connectivity index (χ0) is 15.7. The summed E-state index contributed by atoms with van der Waals surface area (Å²) in [6.45, 7) is 5.29. The molecule has 0 aliphatic carbocycles. The summed E-state index contributed by atoms with van der Waals surface area (Å²) in [7, 11) is 0.